The summed E-state index contributed by atoms with van der Waals surface area (Å²) in [4.78, 5) is 14.9. The van der Waals surface area contributed by atoms with E-state index < -0.39 is 0 Å². The Morgan fingerprint density at radius 1 is 1.17 bits per heavy atom. The predicted molar refractivity (Wildman–Crippen MR) is 144 cm³/mol. The van der Waals surface area contributed by atoms with E-state index in [1.807, 2.05) is 48.5 Å². The van der Waals surface area contributed by atoms with Gasteiger partial charge in [-0.15, -0.1) is 5.10 Å². The van der Waals surface area contributed by atoms with Gasteiger partial charge in [0.1, 0.15) is 5.76 Å². The summed E-state index contributed by atoms with van der Waals surface area (Å²) >= 11 is 7.40. The minimum atomic E-state index is -0.310. The van der Waals surface area contributed by atoms with Crippen molar-refractivity contribution in [2.45, 2.75) is 38.0 Å². The van der Waals surface area contributed by atoms with E-state index in [4.69, 9.17) is 25.5 Å². The van der Waals surface area contributed by atoms with Crippen molar-refractivity contribution in [3.8, 4) is 11.5 Å². The van der Waals surface area contributed by atoms with Gasteiger partial charge in [0.25, 0.3) is 0 Å². The van der Waals surface area contributed by atoms with Crippen LogP contribution in [0.4, 0.5) is 0 Å². The number of unbranched alkanes of at least 4 members (excludes halogenated alkanes) is 1. The molecule has 1 aliphatic rings. The van der Waals surface area contributed by atoms with Gasteiger partial charge in [0, 0.05) is 5.02 Å². The summed E-state index contributed by atoms with van der Waals surface area (Å²) < 4.78 is 16.7. The SMILES string of the molecule is CCCCOc1ccc(C=NN=C2SC(Cc3ccc(Cl)cc3)C(=O)N2Cc2ccco2)cc1OC. The second kappa shape index (κ2) is 12.6. The summed E-state index contributed by atoms with van der Waals surface area (Å²) in [6.07, 6.45) is 5.83. The number of amidine groups is 1. The third-order valence-electron chi connectivity index (χ3n) is 5.54. The Labute approximate surface area is 220 Å². The Morgan fingerprint density at radius 2 is 2.00 bits per heavy atom. The number of halogens is 1. The summed E-state index contributed by atoms with van der Waals surface area (Å²) in [5.74, 6) is 1.98. The van der Waals surface area contributed by atoms with E-state index in [2.05, 4.69) is 17.1 Å². The number of thioether (sulfide) groups is 1. The van der Waals surface area contributed by atoms with Gasteiger partial charge in [-0.3, -0.25) is 9.69 Å². The van der Waals surface area contributed by atoms with E-state index in [1.54, 1.807) is 30.6 Å². The summed E-state index contributed by atoms with van der Waals surface area (Å²) in [5.41, 5.74) is 1.84. The van der Waals surface area contributed by atoms with Crippen molar-refractivity contribution in [2.75, 3.05) is 13.7 Å². The molecule has 1 unspecified atom stereocenters. The predicted octanol–water partition coefficient (Wildman–Crippen LogP) is 6.20. The highest BCUT2D eigenvalue weighted by Gasteiger charge is 2.38. The van der Waals surface area contributed by atoms with Gasteiger partial charge in [0.2, 0.25) is 5.91 Å². The number of carbonyl (C=O) groups is 1. The maximum atomic E-state index is 13.2. The van der Waals surface area contributed by atoms with Crippen LogP contribution in [0.5, 0.6) is 11.5 Å². The number of methoxy groups -OCH3 is 1. The number of nitrogens with zero attached hydrogens (tertiary/aromatic N) is 3. The van der Waals surface area contributed by atoms with E-state index in [-0.39, 0.29) is 11.2 Å². The lowest BCUT2D eigenvalue weighted by atomic mass is 10.1. The summed E-state index contributed by atoms with van der Waals surface area (Å²) in [5, 5.41) is 9.55. The van der Waals surface area contributed by atoms with Crippen LogP contribution in [-0.4, -0.2) is 41.2 Å². The van der Waals surface area contributed by atoms with Gasteiger partial charge >= 0.3 is 0 Å². The summed E-state index contributed by atoms with van der Waals surface area (Å²) in [6.45, 7) is 3.05. The fourth-order valence-electron chi connectivity index (χ4n) is 3.61. The second-order valence-electron chi connectivity index (χ2n) is 8.18. The minimum Gasteiger partial charge on any atom is -0.493 e. The fourth-order valence-corrected chi connectivity index (χ4v) is 4.87. The topological polar surface area (TPSA) is 76.6 Å². The molecular weight excluding hydrogens is 498 g/mol. The largest absolute Gasteiger partial charge is 0.493 e. The molecule has 9 heteroatoms. The van der Waals surface area contributed by atoms with Crippen LogP contribution in [-0.2, 0) is 17.8 Å². The molecule has 1 aromatic heterocycles. The maximum Gasteiger partial charge on any atom is 0.242 e. The molecule has 3 aromatic rings. The highest BCUT2D eigenvalue weighted by atomic mass is 35.5. The van der Waals surface area contributed by atoms with Crippen molar-refractivity contribution in [2.24, 2.45) is 10.2 Å². The van der Waals surface area contributed by atoms with Crippen LogP contribution in [0, 0.1) is 0 Å². The van der Waals surface area contributed by atoms with Crippen molar-refractivity contribution in [3.05, 3.63) is 82.8 Å². The zero-order chi connectivity index (χ0) is 25.3. The number of rotatable bonds is 11. The molecule has 0 bridgehead atoms. The molecule has 0 spiro atoms. The summed E-state index contributed by atoms with van der Waals surface area (Å²) in [7, 11) is 1.61. The van der Waals surface area contributed by atoms with Gasteiger partial charge < -0.3 is 13.9 Å². The van der Waals surface area contributed by atoms with Crippen molar-refractivity contribution in [1.29, 1.82) is 0 Å². The van der Waals surface area contributed by atoms with Crippen molar-refractivity contribution in [3.63, 3.8) is 0 Å². The fraction of sp³-hybridized carbons (Fsp3) is 0.296. The molecule has 2 aromatic carbocycles. The van der Waals surface area contributed by atoms with Gasteiger partial charge in [0.05, 0.1) is 38.0 Å². The minimum absolute atomic E-state index is 0.0319. The van der Waals surface area contributed by atoms with E-state index in [0.29, 0.717) is 47.0 Å². The number of hydrogen-bond acceptors (Lipinski definition) is 7. The number of carbonyl (C=O) groups excluding carboxylic acids is 1. The first kappa shape index (κ1) is 25.9. The van der Waals surface area contributed by atoms with Crippen molar-refractivity contribution in [1.82, 2.24) is 4.90 Å². The molecule has 7 nitrogen and oxygen atoms in total. The Balaban J connectivity index is 1.51. The average molecular weight is 526 g/mol. The second-order valence-corrected chi connectivity index (χ2v) is 9.79. The lowest BCUT2D eigenvalue weighted by Gasteiger charge is -2.14. The number of hydrogen-bond donors (Lipinski definition) is 0. The normalized spacial score (nSPS) is 16.9. The van der Waals surface area contributed by atoms with E-state index >= 15 is 0 Å². The van der Waals surface area contributed by atoms with Crippen LogP contribution in [0.3, 0.4) is 0 Å². The van der Waals surface area contributed by atoms with Crippen molar-refractivity contribution >= 4 is 40.7 Å². The van der Waals surface area contributed by atoms with Crippen LogP contribution in [0.25, 0.3) is 0 Å². The molecule has 36 heavy (non-hydrogen) atoms. The first-order valence-corrected chi connectivity index (χ1v) is 13.0. The number of amides is 1. The Kier molecular flexibility index (Phi) is 9.08. The molecule has 1 fully saturated rings. The molecule has 1 saturated heterocycles. The molecule has 0 radical (unpaired) electrons. The molecule has 2 heterocycles. The van der Waals surface area contributed by atoms with Crippen LogP contribution >= 0.6 is 23.4 Å². The number of benzene rings is 2. The van der Waals surface area contributed by atoms with Crippen LogP contribution in [0.1, 0.15) is 36.7 Å². The van der Waals surface area contributed by atoms with Crippen LogP contribution in [0.15, 0.2) is 75.5 Å². The van der Waals surface area contributed by atoms with Gasteiger partial charge in [0.15, 0.2) is 16.7 Å². The maximum absolute atomic E-state index is 13.2. The standard InChI is InChI=1S/C27H28ClN3O4S/c1-3-4-13-35-23-12-9-20(15-24(23)33-2)17-29-30-27-31(18-22-6-5-14-34-22)26(32)25(36-27)16-19-7-10-21(28)11-8-19/h5-12,14-15,17,25H,3-4,13,16,18H2,1-2H3. The molecule has 1 aliphatic heterocycles. The lowest BCUT2D eigenvalue weighted by molar-refractivity contribution is -0.126. The molecule has 0 aliphatic carbocycles. The van der Waals surface area contributed by atoms with E-state index in [1.165, 1.54) is 11.8 Å². The van der Waals surface area contributed by atoms with Crippen LogP contribution in [0.2, 0.25) is 5.02 Å². The first-order chi connectivity index (χ1) is 17.6. The highest BCUT2D eigenvalue weighted by molar-refractivity contribution is 8.15. The van der Waals surface area contributed by atoms with Gasteiger partial charge in [-0.25, -0.2) is 0 Å². The Hall–Kier alpha value is -3.23. The average Bonchev–Trinajstić information content (AvgIpc) is 3.50. The number of furan rings is 1. The highest BCUT2D eigenvalue weighted by Crippen LogP contribution is 2.32. The monoisotopic (exact) mass is 525 g/mol. The molecule has 188 valence electrons. The zero-order valence-corrected chi connectivity index (χ0v) is 21.8. The zero-order valence-electron chi connectivity index (χ0n) is 20.2. The van der Waals surface area contributed by atoms with Gasteiger partial charge in [-0.05, 0) is 66.4 Å². The number of ether oxygens (including phenoxy) is 2. The first-order valence-electron chi connectivity index (χ1n) is 11.7. The molecular formula is C27H28ClN3O4S. The third-order valence-corrected chi connectivity index (χ3v) is 6.96. The van der Waals surface area contributed by atoms with E-state index in [0.717, 1.165) is 24.0 Å². The molecule has 4 rings (SSSR count). The molecule has 0 saturated carbocycles. The van der Waals surface area contributed by atoms with Crippen LogP contribution < -0.4 is 9.47 Å². The molecule has 0 N–H and O–H groups in total. The van der Waals surface area contributed by atoms with Gasteiger partial charge in [-0.1, -0.05) is 48.8 Å². The van der Waals surface area contributed by atoms with E-state index in [9.17, 15) is 4.79 Å². The van der Waals surface area contributed by atoms with Gasteiger partial charge in [-0.2, -0.15) is 5.10 Å². The smallest absolute Gasteiger partial charge is 0.242 e. The molecule has 1 atom stereocenters. The Bertz CT molecular complexity index is 1210. The summed E-state index contributed by atoms with van der Waals surface area (Å²) in [6, 6.07) is 16.8. The molecule has 1 amide bonds. The third kappa shape index (κ3) is 6.71. The quantitative estimate of drug-likeness (QED) is 0.169. The lowest BCUT2D eigenvalue weighted by Crippen LogP contribution is -2.32. The Morgan fingerprint density at radius 3 is 2.72 bits per heavy atom. The van der Waals surface area contributed by atoms with Crippen molar-refractivity contribution < 1.29 is 18.7 Å².